The van der Waals surface area contributed by atoms with Crippen LogP contribution in [0.25, 0.3) is 0 Å². The maximum absolute atomic E-state index is 11.9. The number of methoxy groups -OCH3 is 1. The highest BCUT2D eigenvalue weighted by molar-refractivity contribution is 7.99. The van der Waals surface area contributed by atoms with Crippen LogP contribution in [-0.2, 0) is 9.53 Å². The van der Waals surface area contributed by atoms with Crippen molar-refractivity contribution >= 4 is 23.6 Å². The first kappa shape index (κ1) is 16.5. The van der Waals surface area contributed by atoms with Crippen LogP contribution in [0.4, 0.5) is 0 Å². The van der Waals surface area contributed by atoms with Crippen molar-refractivity contribution in [1.29, 1.82) is 0 Å². The lowest BCUT2D eigenvalue weighted by molar-refractivity contribution is -0.140. The van der Waals surface area contributed by atoms with Crippen LogP contribution in [0.2, 0.25) is 0 Å². The summed E-state index contributed by atoms with van der Waals surface area (Å²) in [5.74, 6) is -1.54. The van der Waals surface area contributed by atoms with Crippen molar-refractivity contribution in [2.24, 2.45) is 0 Å². The molecule has 1 aromatic carbocycles. The number of rotatable bonds is 7. The van der Waals surface area contributed by atoms with Crippen LogP contribution >= 0.6 is 11.8 Å². The number of carbonyl (C=O) groups is 2. The van der Waals surface area contributed by atoms with Crippen molar-refractivity contribution in [3.63, 3.8) is 0 Å². The van der Waals surface area contributed by atoms with Gasteiger partial charge in [0.2, 0.25) is 0 Å². The topological polar surface area (TPSA) is 75.6 Å². The normalized spacial score (nSPS) is 12.2. The fourth-order valence-electron chi connectivity index (χ4n) is 1.54. The predicted octanol–water partition coefficient (Wildman–Crippen LogP) is 2.02. The summed E-state index contributed by atoms with van der Waals surface area (Å²) in [5, 5.41) is 11.8. The third-order valence-corrected chi connectivity index (χ3v) is 3.44. The lowest BCUT2D eigenvalue weighted by Gasteiger charge is -2.13. The van der Waals surface area contributed by atoms with E-state index in [1.807, 2.05) is 12.1 Å². The summed E-state index contributed by atoms with van der Waals surface area (Å²) in [6, 6.07) is 6.03. The molecule has 1 aromatic rings. The number of aliphatic carboxylic acids is 1. The molecule has 1 rings (SSSR count). The maximum Gasteiger partial charge on any atom is 0.328 e. The average molecular weight is 297 g/mol. The van der Waals surface area contributed by atoms with Gasteiger partial charge < -0.3 is 15.2 Å². The number of nitrogens with one attached hydrogen (secondary N) is 1. The molecule has 0 heterocycles. The van der Waals surface area contributed by atoms with Crippen LogP contribution in [0.15, 0.2) is 29.2 Å². The second kappa shape index (κ2) is 7.91. The number of amides is 1. The summed E-state index contributed by atoms with van der Waals surface area (Å²) in [6.45, 7) is 4.11. The summed E-state index contributed by atoms with van der Waals surface area (Å²) in [5.41, 5.74) is 0.431. The fraction of sp³-hybridized carbons (Fsp3) is 0.429. The van der Waals surface area contributed by atoms with E-state index in [1.54, 1.807) is 23.9 Å². The first-order valence-corrected chi connectivity index (χ1v) is 7.11. The highest BCUT2D eigenvalue weighted by Crippen LogP contribution is 2.22. The third-order valence-electron chi connectivity index (χ3n) is 2.43. The third kappa shape index (κ3) is 5.22. The zero-order chi connectivity index (χ0) is 15.1. The number of thioether (sulfide) groups is 1. The van der Waals surface area contributed by atoms with Gasteiger partial charge in [-0.1, -0.05) is 13.8 Å². The van der Waals surface area contributed by atoms with Gasteiger partial charge in [-0.25, -0.2) is 4.79 Å². The van der Waals surface area contributed by atoms with Gasteiger partial charge in [0.1, 0.15) is 0 Å². The van der Waals surface area contributed by atoms with E-state index >= 15 is 0 Å². The number of ether oxygens (including phenoxy) is 1. The monoisotopic (exact) mass is 297 g/mol. The molecule has 5 nitrogen and oxygen atoms in total. The van der Waals surface area contributed by atoms with Crippen molar-refractivity contribution in [1.82, 2.24) is 5.32 Å². The molecule has 0 bridgehead atoms. The molecule has 0 aliphatic heterocycles. The minimum Gasteiger partial charge on any atom is -0.480 e. The van der Waals surface area contributed by atoms with Gasteiger partial charge in [0.15, 0.2) is 6.04 Å². The highest BCUT2D eigenvalue weighted by Gasteiger charge is 2.20. The van der Waals surface area contributed by atoms with Gasteiger partial charge in [0.25, 0.3) is 5.91 Å². The van der Waals surface area contributed by atoms with E-state index in [4.69, 9.17) is 9.84 Å². The molecule has 1 amide bonds. The molecule has 1 atom stereocenters. The predicted molar refractivity (Wildman–Crippen MR) is 78.2 cm³/mol. The van der Waals surface area contributed by atoms with Crippen molar-refractivity contribution in [3.05, 3.63) is 29.8 Å². The molecule has 0 aliphatic rings. The van der Waals surface area contributed by atoms with E-state index in [-0.39, 0.29) is 6.61 Å². The van der Waals surface area contributed by atoms with Gasteiger partial charge >= 0.3 is 5.97 Å². The molecule has 0 radical (unpaired) electrons. The summed E-state index contributed by atoms with van der Waals surface area (Å²) in [4.78, 5) is 23.9. The highest BCUT2D eigenvalue weighted by atomic mass is 32.2. The van der Waals surface area contributed by atoms with Gasteiger partial charge in [-0.05, 0) is 24.3 Å². The van der Waals surface area contributed by atoms with Gasteiger partial charge in [-0.15, -0.1) is 11.8 Å². The molecule has 0 saturated heterocycles. The smallest absolute Gasteiger partial charge is 0.328 e. The Balaban J connectivity index is 2.69. The molecule has 1 unspecified atom stereocenters. The van der Waals surface area contributed by atoms with Crippen LogP contribution in [-0.4, -0.2) is 42.0 Å². The molecule has 6 heteroatoms. The average Bonchev–Trinajstić information content (AvgIpc) is 2.38. The zero-order valence-electron chi connectivity index (χ0n) is 11.8. The molecular weight excluding hydrogens is 278 g/mol. The van der Waals surface area contributed by atoms with Crippen molar-refractivity contribution < 1.29 is 19.4 Å². The van der Waals surface area contributed by atoms with E-state index in [1.165, 1.54) is 7.11 Å². The lowest BCUT2D eigenvalue weighted by Crippen LogP contribution is -2.43. The second-order valence-electron chi connectivity index (χ2n) is 4.51. The largest absolute Gasteiger partial charge is 0.480 e. The Kier molecular flexibility index (Phi) is 6.54. The van der Waals surface area contributed by atoms with Crippen LogP contribution in [0.3, 0.4) is 0 Å². The Hall–Kier alpha value is -1.53. The van der Waals surface area contributed by atoms with E-state index in [9.17, 15) is 9.59 Å². The Morgan fingerprint density at radius 1 is 1.30 bits per heavy atom. The first-order valence-electron chi connectivity index (χ1n) is 6.23. The molecule has 20 heavy (non-hydrogen) atoms. The Bertz CT molecular complexity index is 459. The van der Waals surface area contributed by atoms with E-state index in [0.717, 1.165) is 4.90 Å². The van der Waals surface area contributed by atoms with Crippen molar-refractivity contribution in [2.45, 2.75) is 30.0 Å². The summed E-state index contributed by atoms with van der Waals surface area (Å²) in [7, 11) is 1.39. The minimum absolute atomic E-state index is 0.0671. The van der Waals surface area contributed by atoms with Crippen molar-refractivity contribution in [3.8, 4) is 0 Å². The van der Waals surface area contributed by atoms with Gasteiger partial charge in [-0.2, -0.15) is 0 Å². The second-order valence-corrected chi connectivity index (χ2v) is 6.16. The molecule has 0 spiro atoms. The molecule has 0 fully saturated rings. The van der Waals surface area contributed by atoms with E-state index in [2.05, 4.69) is 19.2 Å². The number of hydrogen-bond acceptors (Lipinski definition) is 4. The number of carboxylic acid groups (broad SMARTS) is 1. The number of carbonyl (C=O) groups excluding carboxylic acids is 1. The Morgan fingerprint density at radius 2 is 1.90 bits per heavy atom. The van der Waals surface area contributed by atoms with Crippen LogP contribution in [0.1, 0.15) is 24.2 Å². The first-order chi connectivity index (χ1) is 9.43. The minimum atomic E-state index is -1.12. The molecule has 0 aromatic heterocycles. The van der Waals surface area contributed by atoms with Crippen molar-refractivity contribution in [2.75, 3.05) is 13.7 Å². The summed E-state index contributed by atoms with van der Waals surface area (Å²) in [6.07, 6.45) is 0. The number of carboxylic acids is 1. The van der Waals surface area contributed by atoms with Gasteiger partial charge in [0.05, 0.1) is 6.61 Å². The van der Waals surface area contributed by atoms with E-state index < -0.39 is 17.9 Å². The van der Waals surface area contributed by atoms with Gasteiger partial charge in [-0.3, -0.25) is 4.79 Å². The molecule has 0 saturated carbocycles. The lowest BCUT2D eigenvalue weighted by atomic mass is 10.2. The van der Waals surface area contributed by atoms with E-state index in [0.29, 0.717) is 10.8 Å². The van der Waals surface area contributed by atoms with Crippen LogP contribution in [0, 0.1) is 0 Å². The van der Waals surface area contributed by atoms with Crippen LogP contribution in [0.5, 0.6) is 0 Å². The summed E-state index contributed by atoms with van der Waals surface area (Å²) < 4.78 is 4.77. The molecule has 0 aliphatic carbocycles. The Morgan fingerprint density at radius 3 is 2.35 bits per heavy atom. The number of hydrogen-bond donors (Lipinski definition) is 2. The maximum atomic E-state index is 11.9. The standard InChI is InChI=1S/C14H19NO4S/c1-9(2)20-11-6-4-10(5-7-11)13(16)15-12(8-19-3)14(17)18/h4-7,9,12H,8H2,1-3H3,(H,15,16)(H,17,18). The Labute approximate surface area is 122 Å². The number of benzene rings is 1. The summed E-state index contributed by atoms with van der Waals surface area (Å²) >= 11 is 1.70. The van der Waals surface area contributed by atoms with Crippen LogP contribution < -0.4 is 5.32 Å². The fourth-order valence-corrected chi connectivity index (χ4v) is 2.38. The molecular formula is C14H19NO4S. The quantitative estimate of drug-likeness (QED) is 0.753. The van der Waals surface area contributed by atoms with Gasteiger partial charge in [0, 0.05) is 22.8 Å². The zero-order valence-corrected chi connectivity index (χ0v) is 12.6. The SMILES string of the molecule is COCC(NC(=O)c1ccc(SC(C)C)cc1)C(=O)O. The molecule has 2 N–H and O–H groups in total. The molecule has 110 valence electrons.